The number of likely N-dealkylation sites (tertiary alicyclic amines) is 1. The molecule has 1 atom stereocenters. The van der Waals surface area contributed by atoms with E-state index < -0.39 is 0 Å². The molecule has 114 valence electrons. The third-order valence-corrected chi connectivity index (χ3v) is 4.34. The lowest BCUT2D eigenvalue weighted by atomic mass is 10.0. The highest BCUT2D eigenvalue weighted by atomic mass is 79.9. The molecule has 0 aromatic heterocycles. The molecule has 2 rings (SSSR count). The Kier molecular flexibility index (Phi) is 5.39. The van der Waals surface area contributed by atoms with Gasteiger partial charge in [-0.3, -0.25) is 9.59 Å². The van der Waals surface area contributed by atoms with Crippen molar-refractivity contribution in [2.45, 2.75) is 45.1 Å². The number of halogens is 1. The van der Waals surface area contributed by atoms with E-state index in [2.05, 4.69) is 15.9 Å². The summed E-state index contributed by atoms with van der Waals surface area (Å²) >= 11 is 3.32. The average Bonchev–Trinajstić information content (AvgIpc) is 2.65. The number of Topliss-reactive ketones (excluding diaryl/α,β-unsaturated/α-hetero) is 1. The van der Waals surface area contributed by atoms with E-state index >= 15 is 0 Å². The lowest BCUT2D eigenvalue weighted by Gasteiger charge is -2.30. The lowest BCUT2D eigenvalue weighted by molar-refractivity contribution is -0.118. The van der Waals surface area contributed by atoms with Gasteiger partial charge in [0.2, 0.25) is 0 Å². The third kappa shape index (κ3) is 4.06. The molecule has 1 heterocycles. The van der Waals surface area contributed by atoms with Gasteiger partial charge < -0.3 is 10.0 Å². The fourth-order valence-electron chi connectivity index (χ4n) is 2.82. The van der Waals surface area contributed by atoms with Crippen molar-refractivity contribution in [3.63, 3.8) is 0 Å². The predicted octanol–water partition coefficient (Wildman–Crippen LogP) is 3.52. The Labute approximate surface area is 133 Å². The highest BCUT2D eigenvalue weighted by molar-refractivity contribution is 9.10. The van der Waals surface area contributed by atoms with Gasteiger partial charge in [0.25, 0.3) is 5.91 Å². The van der Waals surface area contributed by atoms with Crippen LogP contribution in [0, 0.1) is 0 Å². The Morgan fingerprint density at radius 1 is 1.33 bits per heavy atom. The molecule has 5 heteroatoms. The molecule has 4 nitrogen and oxygen atoms in total. The molecule has 1 unspecified atom stereocenters. The molecule has 1 fully saturated rings. The zero-order valence-electron chi connectivity index (χ0n) is 12.1. The van der Waals surface area contributed by atoms with Crippen LogP contribution in [0.5, 0.6) is 5.75 Å². The number of ketones is 1. The van der Waals surface area contributed by atoms with Gasteiger partial charge in [-0.25, -0.2) is 0 Å². The van der Waals surface area contributed by atoms with Gasteiger partial charge in [0.1, 0.15) is 11.5 Å². The number of amides is 1. The first-order valence-electron chi connectivity index (χ1n) is 7.28. The normalized spacial score (nSPS) is 19.1. The van der Waals surface area contributed by atoms with Crippen molar-refractivity contribution in [1.82, 2.24) is 4.90 Å². The second-order valence-corrected chi connectivity index (χ2v) is 6.48. The maximum Gasteiger partial charge on any atom is 0.257 e. The number of hydrogen-bond acceptors (Lipinski definition) is 3. The fourth-order valence-corrected chi connectivity index (χ4v) is 3.18. The Morgan fingerprint density at radius 3 is 2.81 bits per heavy atom. The van der Waals surface area contributed by atoms with Crippen LogP contribution in [-0.4, -0.2) is 34.3 Å². The molecule has 0 spiro atoms. The number of nitrogens with zero attached hydrogens (tertiary/aromatic N) is 1. The van der Waals surface area contributed by atoms with Gasteiger partial charge in [-0.2, -0.15) is 0 Å². The van der Waals surface area contributed by atoms with Gasteiger partial charge in [0, 0.05) is 23.5 Å². The second-order valence-electron chi connectivity index (χ2n) is 5.57. The standard InChI is InChI=1S/C16H20BrNO3/c1-11(19)9-13-5-3-2-4-8-18(13)16(21)14-10-12(17)6-7-15(14)20/h6-7,10,13,20H,2-5,8-9H2,1H3. The molecule has 1 aliphatic heterocycles. The maximum absolute atomic E-state index is 12.8. The van der Waals surface area contributed by atoms with E-state index in [0.29, 0.717) is 18.5 Å². The van der Waals surface area contributed by atoms with Gasteiger partial charge in [0.05, 0.1) is 5.56 Å². The van der Waals surface area contributed by atoms with Crippen LogP contribution < -0.4 is 0 Å². The first-order valence-corrected chi connectivity index (χ1v) is 8.07. The first kappa shape index (κ1) is 16.0. The van der Waals surface area contributed by atoms with Gasteiger partial charge in [-0.1, -0.05) is 28.8 Å². The Hall–Kier alpha value is -1.36. The van der Waals surface area contributed by atoms with Crippen LogP contribution in [0.2, 0.25) is 0 Å². The first-order chi connectivity index (χ1) is 9.99. The average molecular weight is 354 g/mol. The number of carbonyl (C=O) groups is 2. The smallest absolute Gasteiger partial charge is 0.257 e. The van der Waals surface area contributed by atoms with Crippen LogP contribution in [0.3, 0.4) is 0 Å². The molecule has 0 bridgehead atoms. The van der Waals surface area contributed by atoms with Crippen molar-refractivity contribution in [3.05, 3.63) is 28.2 Å². The summed E-state index contributed by atoms with van der Waals surface area (Å²) < 4.78 is 0.751. The van der Waals surface area contributed by atoms with Crippen molar-refractivity contribution in [2.24, 2.45) is 0 Å². The lowest BCUT2D eigenvalue weighted by Crippen LogP contribution is -2.41. The molecule has 0 radical (unpaired) electrons. The number of hydrogen-bond donors (Lipinski definition) is 1. The summed E-state index contributed by atoms with van der Waals surface area (Å²) in [6, 6.07) is 4.78. The van der Waals surface area contributed by atoms with Crippen molar-refractivity contribution in [3.8, 4) is 5.75 Å². The largest absolute Gasteiger partial charge is 0.507 e. The van der Waals surface area contributed by atoms with E-state index in [1.54, 1.807) is 24.0 Å². The molecular formula is C16H20BrNO3. The number of rotatable bonds is 3. The molecule has 1 aliphatic rings. The minimum Gasteiger partial charge on any atom is -0.507 e. The molecule has 1 N–H and O–H groups in total. The monoisotopic (exact) mass is 353 g/mol. The number of carbonyl (C=O) groups excluding carboxylic acids is 2. The highest BCUT2D eigenvalue weighted by Gasteiger charge is 2.28. The summed E-state index contributed by atoms with van der Waals surface area (Å²) in [6.07, 6.45) is 4.28. The summed E-state index contributed by atoms with van der Waals surface area (Å²) in [5.41, 5.74) is 0.292. The molecular weight excluding hydrogens is 334 g/mol. The highest BCUT2D eigenvalue weighted by Crippen LogP contribution is 2.27. The summed E-state index contributed by atoms with van der Waals surface area (Å²) in [4.78, 5) is 26.0. The van der Waals surface area contributed by atoms with Crippen molar-refractivity contribution in [1.29, 1.82) is 0 Å². The fraction of sp³-hybridized carbons (Fsp3) is 0.500. The number of phenolic OH excluding ortho intramolecular Hbond substituents is 1. The predicted molar refractivity (Wildman–Crippen MR) is 84.4 cm³/mol. The maximum atomic E-state index is 12.8. The second kappa shape index (κ2) is 7.07. The summed E-state index contributed by atoms with van der Waals surface area (Å²) in [6.45, 7) is 2.20. The molecule has 1 aromatic carbocycles. The molecule has 1 saturated heterocycles. The van der Waals surface area contributed by atoms with Crippen LogP contribution in [-0.2, 0) is 4.79 Å². The van der Waals surface area contributed by atoms with Crippen molar-refractivity contribution < 1.29 is 14.7 Å². The third-order valence-electron chi connectivity index (χ3n) is 3.85. The van der Waals surface area contributed by atoms with Crippen LogP contribution in [0.1, 0.15) is 49.4 Å². The van der Waals surface area contributed by atoms with E-state index in [0.717, 1.165) is 30.2 Å². The van der Waals surface area contributed by atoms with Gasteiger partial charge in [-0.05, 0) is 38.0 Å². The number of aromatic hydroxyl groups is 1. The zero-order chi connectivity index (χ0) is 15.4. The van der Waals surface area contributed by atoms with Crippen molar-refractivity contribution >= 4 is 27.6 Å². The molecule has 1 aromatic rings. The van der Waals surface area contributed by atoms with E-state index in [4.69, 9.17) is 0 Å². The van der Waals surface area contributed by atoms with Crippen LogP contribution in [0.4, 0.5) is 0 Å². The Bertz CT molecular complexity index is 544. The topological polar surface area (TPSA) is 57.6 Å². The number of benzene rings is 1. The van der Waals surface area contributed by atoms with E-state index in [-0.39, 0.29) is 23.5 Å². The Morgan fingerprint density at radius 2 is 2.10 bits per heavy atom. The number of phenols is 1. The Balaban J connectivity index is 2.28. The molecule has 0 aliphatic carbocycles. The summed E-state index contributed by atoms with van der Waals surface area (Å²) in [7, 11) is 0. The summed E-state index contributed by atoms with van der Waals surface area (Å²) in [5, 5.41) is 9.94. The zero-order valence-corrected chi connectivity index (χ0v) is 13.7. The minimum atomic E-state index is -0.193. The molecule has 0 saturated carbocycles. The molecule has 21 heavy (non-hydrogen) atoms. The van der Waals surface area contributed by atoms with E-state index in [1.165, 1.54) is 6.07 Å². The summed E-state index contributed by atoms with van der Waals surface area (Å²) in [5.74, 6) is -0.117. The van der Waals surface area contributed by atoms with Crippen LogP contribution in [0.25, 0.3) is 0 Å². The quantitative estimate of drug-likeness (QED) is 0.904. The van der Waals surface area contributed by atoms with E-state index in [1.807, 2.05) is 0 Å². The van der Waals surface area contributed by atoms with Crippen LogP contribution >= 0.6 is 15.9 Å². The SMILES string of the molecule is CC(=O)CC1CCCCCN1C(=O)c1cc(Br)ccc1O. The van der Waals surface area contributed by atoms with Crippen molar-refractivity contribution in [2.75, 3.05) is 6.54 Å². The van der Waals surface area contributed by atoms with Gasteiger partial charge in [-0.15, -0.1) is 0 Å². The van der Waals surface area contributed by atoms with Gasteiger partial charge in [0.15, 0.2) is 0 Å². The minimum absolute atomic E-state index is 0.0194. The van der Waals surface area contributed by atoms with E-state index in [9.17, 15) is 14.7 Å². The van der Waals surface area contributed by atoms with Gasteiger partial charge >= 0.3 is 0 Å². The van der Waals surface area contributed by atoms with Crippen LogP contribution in [0.15, 0.2) is 22.7 Å². The molecule has 1 amide bonds.